The third-order valence-corrected chi connectivity index (χ3v) is 5.30. The lowest BCUT2D eigenvalue weighted by Gasteiger charge is -1.99. The maximum absolute atomic E-state index is 12.5. The number of nitrogen functional groups attached to an aromatic ring is 1. The summed E-state index contributed by atoms with van der Waals surface area (Å²) >= 11 is 2.70. The van der Waals surface area contributed by atoms with Crippen molar-refractivity contribution in [2.24, 2.45) is 0 Å². The first-order valence-electron chi connectivity index (χ1n) is 7.55. The Bertz CT molecular complexity index is 1060. The Morgan fingerprint density at radius 2 is 2.00 bits per heavy atom. The summed E-state index contributed by atoms with van der Waals surface area (Å²) in [6, 6.07) is 9.12. The van der Waals surface area contributed by atoms with Crippen LogP contribution in [0, 0.1) is 0 Å². The fourth-order valence-electron chi connectivity index (χ4n) is 2.25. The van der Waals surface area contributed by atoms with Crippen LogP contribution in [0.15, 0.2) is 54.3 Å². The van der Waals surface area contributed by atoms with Gasteiger partial charge in [-0.1, -0.05) is 0 Å². The van der Waals surface area contributed by atoms with E-state index >= 15 is 0 Å². The zero-order valence-electron chi connectivity index (χ0n) is 13.3. The summed E-state index contributed by atoms with van der Waals surface area (Å²) in [5.41, 5.74) is 7.98. The molecule has 3 N–H and O–H groups in total. The number of anilines is 2. The van der Waals surface area contributed by atoms with E-state index in [2.05, 4.69) is 25.3 Å². The predicted molar refractivity (Wildman–Crippen MR) is 103 cm³/mol. The quantitative estimate of drug-likeness (QED) is 0.561. The predicted octanol–water partition coefficient (Wildman–Crippen LogP) is 3.56. The molecule has 0 aromatic carbocycles. The molecule has 1 amide bonds. The Kier molecular flexibility index (Phi) is 4.38. The number of carbonyl (C=O) groups excluding carboxylic acids is 1. The van der Waals surface area contributed by atoms with Gasteiger partial charge in [-0.3, -0.25) is 15.1 Å². The van der Waals surface area contributed by atoms with E-state index in [1.54, 1.807) is 30.7 Å². The van der Waals surface area contributed by atoms with Gasteiger partial charge in [0, 0.05) is 29.5 Å². The van der Waals surface area contributed by atoms with Crippen LogP contribution in [0.5, 0.6) is 0 Å². The Morgan fingerprint density at radius 1 is 1.08 bits per heavy atom. The minimum absolute atomic E-state index is 0.201. The maximum atomic E-state index is 12.5. The fourth-order valence-corrected chi connectivity index (χ4v) is 3.83. The number of pyridine rings is 1. The third kappa shape index (κ3) is 3.44. The topological polar surface area (TPSA) is 107 Å². The molecule has 0 atom stereocenters. The highest BCUT2D eigenvalue weighted by molar-refractivity contribution is 7.17. The molecule has 0 fully saturated rings. The van der Waals surface area contributed by atoms with E-state index in [0.717, 1.165) is 16.1 Å². The molecule has 0 aliphatic rings. The van der Waals surface area contributed by atoms with Crippen LogP contribution >= 0.6 is 22.7 Å². The van der Waals surface area contributed by atoms with Gasteiger partial charge in [-0.2, -0.15) is 0 Å². The minimum atomic E-state index is -0.213. The summed E-state index contributed by atoms with van der Waals surface area (Å²) < 4.78 is 0. The molecule has 0 saturated carbocycles. The van der Waals surface area contributed by atoms with Gasteiger partial charge in [0.25, 0.3) is 5.91 Å². The first kappa shape index (κ1) is 16.3. The highest BCUT2D eigenvalue weighted by atomic mass is 32.1. The van der Waals surface area contributed by atoms with E-state index in [0.29, 0.717) is 15.7 Å². The van der Waals surface area contributed by atoms with Crippen LogP contribution in [0.25, 0.3) is 21.8 Å². The molecule has 7 nitrogen and oxygen atoms in total. The van der Waals surface area contributed by atoms with Gasteiger partial charge >= 0.3 is 0 Å². The van der Waals surface area contributed by atoms with Crippen LogP contribution < -0.4 is 11.1 Å². The number of amides is 1. The van der Waals surface area contributed by atoms with Crippen molar-refractivity contribution in [1.29, 1.82) is 0 Å². The second-order valence-electron chi connectivity index (χ2n) is 5.20. The number of hydrogen-bond donors (Lipinski definition) is 2. The number of nitrogens with one attached hydrogen (secondary N) is 1. The maximum Gasteiger partial charge on any atom is 0.267 e. The molecule has 0 aliphatic carbocycles. The van der Waals surface area contributed by atoms with Crippen LogP contribution in [0.1, 0.15) is 9.67 Å². The van der Waals surface area contributed by atoms with Crippen LogP contribution in [0.3, 0.4) is 0 Å². The van der Waals surface area contributed by atoms with Gasteiger partial charge in [0.2, 0.25) is 5.95 Å². The van der Waals surface area contributed by atoms with E-state index < -0.39 is 0 Å². The van der Waals surface area contributed by atoms with Crippen LogP contribution in [0.4, 0.5) is 11.1 Å². The molecule has 0 saturated heterocycles. The largest absolute Gasteiger partial charge is 0.368 e. The second kappa shape index (κ2) is 6.98. The van der Waals surface area contributed by atoms with E-state index in [4.69, 9.17) is 5.73 Å². The first-order valence-corrected chi connectivity index (χ1v) is 9.25. The summed E-state index contributed by atoms with van der Waals surface area (Å²) in [6.45, 7) is 0. The summed E-state index contributed by atoms with van der Waals surface area (Å²) in [7, 11) is 0. The Hall–Kier alpha value is -3.17. The number of thiazole rings is 1. The molecule has 4 aromatic rings. The average Bonchev–Trinajstić information content (AvgIpc) is 3.32. The van der Waals surface area contributed by atoms with Crippen molar-refractivity contribution in [2.45, 2.75) is 0 Å². The molecule has 0 aliphatic heterocycles. The molecule has 9 heteroatoms. The number of nitrogens with zero attached hydrogens (tertiary/aromatic N) is 4. The molecule has 0 radical (unpaired) electrons. The zero-order valence-corrected chi connectivity index (χ0v) is 14.9. The SMILES string of the molecule is Nc1nccc(-c2ccc(C(=O)Nc3nc(-c4cccnc4)cs3)s2)n1. The van der Waals surface area contributed by atoms with Gasteiger partial charge in [0.15, 0.2) is 5.13 Å². The van der Waals surface area contributed by atoms with Crippen molar-refractivity contribution in [3.05, 3.63) is 59.2 Å². The number of carbonyl (C=O) groups is 1. The normalized spacial score (nSPS) is 10.6. The lowest BCUT2D eigenvalue weighted by molar-refractivity contribution is 0.103. The summed E-state index contributed by atoms with van der Waals surface area (Å²) in [4.78, 5) is 30.4. The molecule has 0 spiro atoms. The van der Waals surface area contributed by atoms with E-state index in [1.165, 1.54) is 22.7 Å². The van der Waals surface area contributed by atoms with Crippen LogP contribution in [0.2, 0.25) is 0 Å². The van der Waals surface area contributed by atoms with Crippen molar-refractivity contribution >= 4 is 39.7 Å². The highest BCUT2D eigenvalue weighted by Gasteiger charge is 2.14. The molecule has 26 heavy (non-hydrogen) atoms. The minimum Gasteiger partial charge on any atom is -0.368 e. The number of aromatic nitrogens is 4. The lowest BCUT2D eigenvalue weighted by Crippen LogP contribution is -2.09. The Balaban J connectivity index is 1.50. The van der Waals surface area contributed by atoms with Crippen LogP contribution in [-0.2, 0) is 0 Å². The number of thiophene rings is 1. The van der Waals surface area contributed by atoms with Crippen molar-refractivity contribution in [2.75, 3.05) is 11.1 Å². The molecular formula is C17H12N6OS2. The van der Waals surface area contributed by atoms with Crippen molar-refractivity contribution in [3.63, 3.8) is 0 Å². The number of nitrogens with two attached hydrogens (primary N) is 1. The van der Waals surface area contributed by atoms with E-state index in [9.17, 15) is 4.79 Å². The highest BCUT2D eigenvalue weighted by Crippen LogP contribution is 2.28. The molecule has 0 unspecified atom stereocenters. The van der Waals surface area contributed by atoms with E-state index in [-0.39, 0.29) is 11.9 Å². The van der Waals surface area contributed by atoms with Gasteiger partial charge in [0.05, 0.1) is 21.1 Å². The standard InChI is InChI=1S/C17H12N6OS2/c18-16-20-7-5-11(21-16)13-3-4-14(26-13)15(24)23-17-22-12(9-25-17)10-2-1-6-19-8-10/h1-9H,(H2,18,20,21)(H,22,23,24). The first-order chi connectivity index (χ1) is 12.7. The van der Waals surface area contributed by atoms with Gasteiger partial charge in [-0.05, 0) is 30.3 Å². The van der Waals surface area contributed by atoms with Gasteiger partial charge in [-0.15, -0.1) is 22.7 Å². The fraction of sp³-hybridized carbons (Fsp3) is 0. The summed E-state index contributed by atoms with van der Waals surface area (Å²) in [5, 5.41) is 5.25. The van der Waals surface area contributed by atoms with Gasteiger partial charge < -0.3 is 5.73 Å². The third-order valence-electron chi connectivity index (χ3n) is 3.44. The molecule has 4 heterocycles. The number of hydrogen-bond acceptors (Lipinski definition) is 8. The number of rotatable bonds is 4. The monoisotopic (exact) mass is 380 g/mol. The zero-order chi connectivity index (χ0) is 17.9. The van der Waals surface area contributed by atoms with Crippen molar-refractivity contribution in [1.82, 2.24) is 19.9 Å². The van der Waals surface area contributed by atoms with Gasteiger partial charge in [-0.25, -0.2) is 15.0 Å². The summed E-state index contributed by atoms with van der Waals surface area (Å²) in [5.74, 6) is -0.0111. The second-order valence-corrected chi connectivity index (χ2v) is 7.14. The Labute approximate surface area is 156 Å². The Morgan fingerprint density at radius 3 is 2.81 bits per heavy atom. The van der Waals surface area contributed by atoms with E-state index in [1.807, 2.05) is 23.6 Å². The van der Waals surface area contributed by atoms with Crippen molar-refractivity contribution in [3.8, 4) is 21.8 Å². The smallest absolute Gasteiger partial charge is 0.267 e. The average molecular weight is 380 g/mol. The molecule has 4 rings (SSSR count). The molecule has 128 valence electrons. The molecule has 4 aromatic heterocycles. The van der Waals surface area contributed by atoms with Crippen molar-refractivity contribution < 1.29 is 4.79 Å². The lowest BCUT2D eigenvalue weighted by atomic mass is 10.2. The molecular weight excluding hydrogens is 368 g/mol. The summed E-state index contributed by atoms with van der Waals surface area (Å²) in [6.07, 6.45) is 5.03. The molecule has 0 bridgehead atoms. The van der Waals surface area contributed by atoms with Crippen LogP contribution in [-0.4, -0.2) is 25.8 Å². The van der Waals surface area contributed by atoms with Gasteiger partial charge in [0.1, 0.15) is 0 Å².